The molecule has 4 heteroatoms. The summed E-state index contributed by atoms with van der Waals surface area (Å²) in [5.41, 5.74) is 10.2. The number of halogens is 1. The largest absolute Gasteiger partial charge is 0.366 e. The molecule has 26 heavy (non-hydrogen) atoms. The standard InChI is InChI=1S/C22H18FN2O/c1-2-14-8-11-17-20(12-14)25(13-15-6-9-16(23)10-7-15)19-5-3-4-18(21(17)19)22(24)26/h3-10,12H,2,13H2,1H3,(H2,24,26). The molecule has 0 atom stereocenters. The molecule has 0 saturated carbocycles. The number of nitrogens with zero attached hydrogens (tertiary/aromatic N) is 1. The van der Waals surface area contributed by atoms with Crippen molar-refractivity contribution in [2.75, 3.05) is 0 Å². The van der Waals surface area contributed by atoms with Crippen molar-refractivity contribution in [1.82, 2.24) is 4.57 Å². The van der Waals surface area contributed by atoms with Crippen LogP contribution in [-0.2, 0) is 13.0 Å². The first-order chi connectivity index (χ1) is 12.6. The Morgan fingerprint density at radius 3 is 2.58 bits per heavy atom. The van der Waals surface area contributed by atoms with Gasteiger partial charge in [0.15, 0.2) is 0 Å². The molecule has 0 aliphatic carbocycles. The summed E-state index contributed by atoms with van der Waals surface area (Å²) in [6, 6.07) is 19.5. The van der Waals surface area contributed by atoms with E-state index in [9.17, 15) is 9.18 Å². The Bertz CT molecular complexity index is 1130. The Morgan fingerprint density at radius 1 is 1.12 bits per heavy atom. The summed E-state index contributed by atoms with van der Waals surface area (Å²) in [4.78, 5) is 11.9. The van der Waals surface area contributed by atoms with E-state index >= 15 is 0 Å². The number of rotatable bonds is 4. The number of nitrogens with two attached hydrogens (primary N) is 1. The average molecular weight is 345 g/mol. The number of primary amides is 1. The van der Waals surface area contributed by atoms with Crippen molar-refractivity contribution in [2.24, 2.45) is 5.73 Å². The van der Waals surface area contributed by atoms with Crippen molar-refractivity contribution in [1.29, 1.82) is 0 Å². The second-order valence-corrected chi connectivity index (χ2v) is 6.40. The molecule has 1 amide bonds. The fourth-order valence-corrected chi connectivity index (χ4v) is 3.45. The lowest BCUT2D eigenvalue weighted by Gasteiger charge is -2.09. The summed E-state index contributed by atoms with van der Waals surface area (Å²) in [7, 11) is 0. The zero-order valence-corrected chi connectivity index (χ0v) is 14.4. The summed E-state index contributed by atoms with van der Waals surface area (Å²) < 4.78 is 15.4. The Hall–Kier alpha value is -3.14. The number of amides is 1. The van der Waals surface area contributed by atoms with Crippen molar-refractivity contribution in [3.8, 4) is 0 Å². The Balaban J connectivity index is 2.03. The van der Waals surface area contributed by atoms with E-state index < -0.39 is 5.91 Å². The van der Waals surface area contributed by atoms with Gasteiger partial charge < -0.3 is 10.3 Å². The molecule has 0 bridgehead atoms. The van der Waals surface area contributed by atoms with Gasteiger partial charge in [0, 0.05) is 22.9 Å². The quantitative estimate of drug-likeness (QED) is 0.584. The first kappa shape index (κ1) is 16.3. The normalized spacial score (nSPS) is 11.3. The smallest absolute Gasteiger partial charge is 0.249 e. The van der Waals surface area contributed by atoms with Crippen molar-refractivity contribution < 1.29 is 9.18 Å². The van der Waals surface area contributed by atoms with E-state index in [1.807, 2.05) is 18.2 Å². The van der Waals surface area contributed by atoms with Gasteiger partial charge in [-0.15, -0.1) is 0 Å². The highest BCUT2D eigenvalue weighted by molar-refractivity contribution is 6.17. The third kappa shape index (κ3) is 2.64. The van der Waals surface area contributed by atoms with Gasteiger partial charge in [0.25, 0.3) is 0 Å². The fourth-order valence-electron chi connectivity index (χ4n) is 3.45. The van der Waals surface area contributed by atoms with Gasteiger partial charge in [0.2, 0.25) is 5.91 Å². The topological polar surface area (TPSA) is 48.0 Å². The van der Waals surface area contributed by atoms with Gasteiger partial charge in [-0.25, -0.2) is 4.39 Å². The molecule has 0 unspecified atom stereocenters. The van der Waals surface area contributed by atoms with Crippen LogP contribution in [0.5, 0.6) is 0 Å². The van der Waals surface area contributed by atoms with E-state index in [1.165, 1.54) is 17.7 Å². The van der Waals surface area contributed by atoms with Crippen LogP contribution in [0.15, 0.2) is 54.6 Å². The number of hydrogen-bond acceptors (Lipinski definition) is 1. The molecule has 0 aliphatic rings. The first-order valence-electron chi connectivity index (χ1n) is 8.58. The third-order valence-electron chi connectivity index (χ3n) is 4.78. The second-order valence-electron chi connectivity index (χ2n) is 6.40. The molecular weight excluding hydrogens is 327 g/mol. The fraction of sp³-hybridized carbons (Fsp3) is 0.136. The van der Waals surface area contributed by atoms with E-state index in [2.05, 4.69) is 23.6 Å². The van der Waals surface area contributed by atoms with Crippen LogP contribution in [0.2, 0.25) is 0 Å². The molecule has 0 spiro atoms. The minimum absolute atomic E-state index is 0.256. The molecule has 129 valence electrons. The van der Waals surface area contributed by atoms with Gasteiger partial charge in [0.05, 0.1) is 11.0 Å². The van der Waals surface area contributed by atoms with Gasteiger partial charge in [-0.3, -0.25) is 4.79 Å². The number of fused-ring (bicyclic) bond motifs is 3. The molecule has 0 saturated heterocycles. The predicted octanol–water partition coefficient (Wildman–Crippen LogP) is 4.44. The van der Waals surface area contributed by atoms with Crippen molar-refractivity contribution in [3.63, 3.8) is 0 Å². The van der Waals surface area contributed by atoms with Crippen LogP contribution in [0.4, 0.5) is 4.39 Å². The number of carbonyl (C=O) groups is 1. The van der Waals surface area contributed by atoms with Gasteiger partial charge >= 0.3 is 0 Å². The molecule has 1 aromatic heterocycles. The number of hydrogen-bond donors (Lipinski definition) is 1. The maximum absolute atomic E-state index is 13.2. The molecular formula is C22H18FN2O. The SMILES string of the molecule is CCc1c[c]c2c3c(C(N)=O)cccc3n(Cc3ccc(F)cc3)c2c1. The summed E-state index contributed by atoms with van der Waals surface area (Å²) in [5, 5.41) is 1.70. The second kappa shape index (κ2) is 6.30. The van der Waals surface area contributed by atoms with Crippen LogP contribution in [0.3, 0.4) is 0 Å². The molecule has 4 aromatic rings. The zero-order valence-electron chi connectivity index (χ0n) is 14.4. The van der Waals surface area contributed by atoms with E-state index in [4.69, 9.17) is 5.73 Å². The highest BCUT2D eigenvalue weighted by Gasteiger charge is 2.17. The van der Waals surface area contributed by atoms with Crippen LogP contribution in [0.1, 0.15) is 28.4 Å². The van der Waals surface area contributed by atoms with E-state index in [0.29, 0.717) is 12.1 Å². The zero-order chi connectivity index (χ0) is 18.3. The molecule has 0 aliphatic heterocycles. The molecule has 2 N–H and O–H groups in total. The third-order valence-corrected chi connectivity index (χ3v) is 4.78. The Labute approximate surface area is 150 Å². The van der Waals surface area contributed by atoms with Crippen molar-refractivity contribution >= 4 is 27.7 Å². The number of benzene rings is 3. The Kier molecular flexibility index (Phi) is 3.96. The maximum Gasteiger partial charge on any atom is 0.249 e. The van der Waals surface area contributed by atoms with Gasteiger partial charge in [0.1, 0.15) is 5.82 Å². The average Bonchev–Trinajstić information content (AvgIpc) is 2.96. The highest BCUT2D eigenvalue weighted by atomic mass is 19.1. The van der Waals surface area contributed by atoms with E-state index in [0.717, 1.165) is 33.8 Å². The van der Waals surface area contributed by atoms with Crippen LogP contribution in [-0.4, -0.2) is 10.5 Å². The molecule has 4 rings (SSSR count). The first-order valence-corrected chi connectivity index (χ1v) is 8.58. The number of aromatic nitrogens is 1. The van der Waals surface area contributed by atoms with Crippen molar-refractivity contribution in [3.05, 3.63) is 83.2 Å². The monoisotopic (exact) mass is 345 g/mol. The van der Waals surface area contributed by atoms with Crippen LogP contribution in [0.25, 0.3) is 21.8 Å². The Morgan fingerprint density at radius 2 is 1.88 bits per heavy atom. The molecule has 3 aromatic carbocycles. The van der Waals surface area contributed by atoms with E-state index in [1.54, 1.807) is 18.2 Å². The number of aryl methyl sites for hydroxylation is 1. The minimum atomic E-state index is -0.454. The minimum Gasteiger partial charge on any atom is -0.366 e. The summed E-state index contributed by atoms with van der Waals surface area (Å²) in [6.45, 7) is 2.67. The van der Waals surface area contributed by atoms with Gasteiger partial charge in [-0.05, 0) is 53.9 Å². The summed E-state index contributed by atoms with van der Waals surface area (Å²) in [5.74, 6) is -0.710. The summed E-state index contributed by atoms with van der Waals surface area (Å²) in [6.07, 6.45) is 0.896. The molecule has 1 radical (unpaired) electrons. The van der Waals surface area contributed by atoms with Crippen LogP contribution in [0, 0.1) is 11.9 Å². The highest BCUT2D eigenvalue weighted by Crippen LogP contribution is 2.32. The molecule has 1 heterocycles. The molecule has 3 nitrogen and oxygen atoms in total. The molecule has 0 fully saturated rings. The number of carbonyl (C=O) groups excluding carboxylic acids is 1. The van der Waals surface area contributed by atoms with Gasteiger partial charge in [-0.2, -0.15) is 0 Å². The lowest BCUT2D eigenvalue weighted by molar-refractivity contribution is 0.100. The lowest BCUT2D eigenvalue weighted by Crippen LogP contribution is -2.11. The predicted molar refractivity (Wildman–Crippen MR) is 102 cm³/mol. The maximum atomic E-state index is 13.2. The van der Waals surface area contributed by atoms with Crippen LogP contribution >= 0.6 is 0 Å². The van der Waals surface area contributed by atoms with E-state index in [-0.39, 0.29) is 5.82 Å². The lowest BCUT2D eigenvalue weighted by atomic mass is 10.0. The van der Waals surface area contributed by atoms with Crippen LogP contribution < -0.4 is 5.73 Å². The van der Waals surface area contributed by atoms with Crippen molar-refractivity contribution in [2.45, 2.75) is 19.9 Å². The summed E-state index contributed by atoms with van der Waals surface area (Å²) >= 11 is 0. The van der Waals surface area contributed by atoms with Gasteiger partial charge in [-0.1, -0.05) is 31.2 Å².